The number of nitrogens with two attached hydrogens (primary N) is 2. The van der Waals surface area contributed by atoms with Gasteiger partial charge in [-0.15, -0.1) is 24.8 Å². The number of anilines is 1. The predicted molar refractivity (Wildman–Crippen MR) is 149 cm³/mol. The van der Waals surface area contributed by atoms with Gasteiger partial charge in [-0.25, -0.2) is 4.98 Å². The standard InChI is InChI=1S/C25H30ClN5.2ClH/c1-18-6-13-23-22(16-18)24(29-14-4-2-3-5-15-30-25(27)28)17-21(31-23)12-9-19-7-10-20(26)11-8-19;;/h6-13,16-17H,2-5,14-15H2,1H3,(H,29,31)(H4,27,28,30);2*1H. The molecule has 0 bridgehead atoms. The van der Waals surface area contributed by atoms with E-state index < -0.39 is 0 Å². The maximum atomic E-state index is 5.98. The molecule has 0 fully saturated rings. The molecular formula is C25H32Cl3N5. The number of aliphatic imine (C=N–C) groups is 1. The quantitative estimate of drug-likeness (QED) is 0.167. The lowest BCUT2D eigenvalue weighted by Crippen LogP contribution is -2.22. The van der Waals surface area contributed by atoms with E-state index in [4.69, 9.17) is 28.1 Å². The van der Waals surface area contributed by atoms with Crippen molar-refractivity contribution in [3.8, 4) is 0 Å². The zero-order valence-electron chi connectivity index (χ0n) is 18.8. The molecule has 0 radical (unpaired) electrons. The molecule has 33 heavy (non-hydrogen) atoms. The molecule has 0 amide bonds. The molecule has 0 atom stereocenters. The first-order valence-corrected chi connectivity index (χ1v) is 11.0. The number of unbranched alkanes of at least 4 members (excludes halogenated alkanes) is 3. The monoisotopic (exact) mass is 507 g/mol. The molecule has 0 spiro atoms. The van der Waals surface area contributed by atoms with Crippen LogP contribution in [-0.2, 0) is 0 Å². The summed E-state index contributed by atoms with van der Waals surface area (Å²) in [6.45, 7) is 3.72. The zero-order valence-corrected chi connectivity index (χ0v) is 21.1. The number of nitrogens with one attached hydrogen (secondary N) is 1. The van der Waals surface area contributed by atoms with Crippen molar-refractivity contribution in [1.82, 2.24) is 4.98 Å². The Hall–Kier alpha value is -2.47. The van der Waals surface area contributed by atoms with E-state index >= 15 is 0 Å². The molecule has 1 aromatic heterocycles. The van der Waals surface area contributed by atoms with Crippen LogP contribution in [0.1, 0.15) is 42.5 Å². The number of aromatic nitrogens is 1. The summed E-state index contributed by atoms with van der Waals surface area (Å²) in [4.78, 5) is 8.84. The fourth-order valence-electron chi connectivity index (χ4n) is 3.37. The van der Waals surface area contributed by atoms with E-state index in [1.165, 1.54) is 5.56 Å². The van der Waals surface area contributed by atoms with Gasteiger partial charge in [0.05, 0.1) is 11.2 Å². The highest BCUT2D eigenvalue weighted by atomic mass is 35.5. The molecule has 0 aliphatic rings. The number of benzene rings is 2. The van der Waals surface area contributed by atoms with Gasteiger partial charge in [-0.1, -0.05) is 54.3 Å². The number of rotatable bonds is 10. The normalized spacial score (nSPS) is 10.5. The van der Waals surface area contributed by atoms with Gasteiger partial charge in [-0.2, -0.15) is 0 Å². The first-order chi connectivity index (χ1) is 15.0. The summed E-state index contributed by atoms with van der Waals surface area (Å²) in [5.74, 6) is 0.169. The molecule has 8 heteroatoms. The molecule has 3 rings (SSSR count). The Morgan fingerprint density at radius 2 is 1.70 bits per heavy atom. The molecule has 5 N–H and O–H groups in total. The van der Waals surface area contributed by atoms with Crippen LogP contribution in [0.4, 0.5) is 5.69 Å². The van der Waals surface area contributed by atoms with Gasteiger partial charge in [0, 0.05) is 29.2 Å². The van der Waals surface area contributed by atoms with Crippen molar-refractivity contribution in [3.05, 3.63) is 70.4 Å². The highest BCUT2D eigenvalue weighted by molar-refractivity contribution is 6.30. The Kier molecular flexibility index (Phi) is 12.7. The molecule has 0 saturated heterocycles. The Bertz CT molecular complexity index is 1060. The molecule has 1 heterocycles. The second kappa shape index (κ2) is 14.6. The fraction of sp³-hybridized carbons (Fsp3) is 0.280. The lowest BCUT2D eigenvalue weighted by Gasteiger charge is -2.12. The van der Waals surface area contributed by atoms with Crippen molar-refractivity contribution in [3.63, 3.8) is 0 Å². The van der Waals surface area contributed by atoms with Crippen molar-refractivity contribution >= 4 is 71.1 Å². The number of hydrogen-bond donors (Lipinski definition) is 3. The van der Waals surface area contributed by atoms with E-state index in [0.717, 1.165) is 65.1 Å². The van der Waals surface area contributed by atoms with E-state index in [0.29, 0.717) is 6.54 Å². The minimum Gasteiger partial charge on any atom is -0.384 e. The number of halogens is 3. The van der Waals surface area contributed by atoms with Gasteiger partial charge in [-0.05, 0) is 61.7 Å². The van der Waals surface area contributed by atoms with Crippen molar-refractivity contribution in [1.29, 1.82) is 0 Å². The van der Waals surface area contributed by atoms with Crippen molar-refractivity contribution in [2.45, 2.75) is 32.6 Å². The summed E-state index contributed by atoms with van der Waals surface area (Å²) in [6, 6.07) is 16.3. The van der Waals surface area contributed by atoms with Crippen LogP contribution in [0, 0.1) is 6.92 Å². The molecule has 5 nitrogen and oxygen atoms in total. The minimum atomic E-state index is 0. The molecule has 2 aromatic carbocycles. The van der Waals surface area contributed by atoms with Crippen LogP contribution in [0.15, 0.2) is 53.5 Å². The van der Waals surface area contributed by atoms with Crippen LogP contribution in [0.5, 0.6) is 0 Å². The van der Waals surface area contributed by atoms with E-state index in [1.54, 1.807) is 0 Å². The lowest BCUT2D eigenvalue weighted by atomic mass is 10.1. The second-order valence-corrected chi connectivity index (χ2v) is 8.08. The van der Waals surface area contributed by atoms with Crippen LogP contribution in [0.3, 0.4) is 0 Å². The number of guanidine groups is 1. The van der Waals surface area contributed by atoms with Crippen molar-refractivity contribution in [2.75, 3.05) is 18.4 Å². The summed E-state index contributed by atoms with van der Waals surface area (Å²) in [5.41, 5.74) is 16.0. The average molecular weight is 509 g/mol. The van der Waals surface area contributed by atoms with Crippen LogP contribution in [0.2, 0.25) is 5.02 Å². The molecule has 0 unspecified atom stereocenters. The van der Waals surface area contributed by atoms with Gasteiger partial charge < -0.3 is 16.8 Å². The average Bonchev–Trinajstić information content (AvgIpc) is 2.75. The van der Waals surface area contributed by atoms with Crippen molar-refractivity contribution < 1.29 is 0 Å². The summed E-state index contributed by atoms with van der Waals surface area (Å²) < 4.78 is 0. The molecule has 3 aromatic rings. The molecule has 0 aliphatic carbocycles. The maximum absolute atomic E-state index is 5.98. The van der Waals surface area contributed by atoms with Gasteiger partial charge in [0.1, 0.15) is 0 Å². The van der Waals surface area contributed by atoms with Crippen LogP contribution in [-0.4, -0.2) is 24.0 Å². The molecule has 178 valence electrons. The first kappa shape index (κ1) is 28.6. The van der Waals surface area contributed by atoms with Crippen LogP contribution >= 0.6 is 36.4 Å². The highest BCUT2D eigenvalue weighted by Crippen LogP contribution is 2.25. The van der Waals surface area contributed by atoms with Crippen LogP contribution < -0.4 is 16.8 Å². The topological polar surface area (TPSA) is 89.3 Å². The zero-order chi connectivity index (χ0) is 22.1. The third-order valence-electron chi connectivity index (χ3n) is 5.00. The number of nitrogens with zero attached hydrogens (tertiary/aromatic N) is 2. The number of fused-ring (bicyclic) bond motifs is 1. The second-order valence-electron chi connectivity index (χ2n) is 7.65. The number of aryl methyl sites for hydroxylation is 1. The maximum Gasteiger partial charge on any atom is 0.185 e. The fourth-order valence-corrected chi connectivity index (χ4v) is 3.49. The van der Waals surface area contributed by atoms with E-state index in [2.05, 4.69) is 47.6 Å². The molecule has 0 saturated carbocycles. The van der Waals surface area contributed by atoms with E-state index in [9.17, 15) is 0 Å². The first-order valence-electron chi connectivity index (χ1n) is 10.7. The minimum absolute atomic E-state index is 0. The Morgan fingerprint density at radius 1 is 0.970 bits per heavy atom. The SMILES string of the molecule is Cc1ccc2nc(C=Cc3ccc(Cl)cc3)cc(NCCCCCCN=C(N)N)c2c1.Cl.Cl. The van der Waals surface area contributed by atoms with Gasteiger partial charge in [0.25, 0.3) is 0 Å². The smallest absolute Gasteiger partial charge is 0.185 e. The van der Waals surface area contributed by atoms with E-state index in [1.807, 2.05) is 30.3 Å². The summed E-state index contributed by atoms with van der Waals surface area (Å²) in [6.07, 6.45) is 8.45. The largest absolute Gasteiger partial charge is 0.384 e. The van der Waals surface area contributed by atoms with Gasteiger partial charge in [-0.3, -0.25) is 4.99 Å². The molecule has 0 aliphatic heterocycles. The third kappa shape index (κ3) is 9.50. The van der Waals surface area contributed by atoms with Gasteiger partial charge in [0.15, 0.2) is 5.96 Å². The summed E-state index contributed by atoms with van der Waals surface area (Å²) in [7, 11) is 0. The number of hydrogen-bond acceptors (Lipinski definition) is 3. The van der Waals surface area contributed by atoms with Gasteiger partial charge in [0.2, 0.25) is 0 Å². The summed E-state index contributed by atoms with van der Waals surface area (Å²) >= 11 is 5.98. The number of pyridine rings is 1. The van der Waals surface area contributed by atoms with Gasteiger partial charge >= 0.3 is 0 Å². The van der Waals surface area contributed by atoms with Crippen LogP contribution in [0.25, 0.3) is 23.1 Å². The Labute approximate surface area is 213 Å². The molecular weight excluding hydrogens is 477 g/mol. The predicted octanol–water partition coefficient (Wildman–Crippen LogP) is 6.46. The lowest BCUT2D eigenvalue weighted by molar-refractivity contribution is 0.662. The Morgan fingerprint density at radius 3 is 2.42 bits per heavy atom. The van der Waals surface area contributed by atoms with Crippen molar-refractivity contribution in [2.24, 2.45) is 16.5 Å². The highest BCUT2D eigenvalue weighted by Gasteiger charge is 2.05. The Balaban J connectivity index is 0.00000272. The summed E-state index contributed by atoms with van der Waals surface area (Å²) in [5, 5.41) is 5.50. The third-order valence-corrected chi connectivity index (χ3v) is 5.25. The van der Waals surface area contributed by atoms with E-state index in [-0.39, 0.29) is 30.8 Å².